The molecule has 0 unspecified atom stereocenters. The van der Waals surface area contributed by atoms with E-state index in [0.29, 0.717) is 5.02 Å². The fraction of sp³-hybridized carbons (Fsp3) is 0.571. The topological polar surface area (TPSA) is 38.5 Å². The Balaban J connectivity index is 1.84. The molecule has 0 aromatic heterocycles. The first-order valence-electron chi connectivity index (χ1n) is 6.32. The van der Waals surface area contributed by atoms with Crippen LogP contribution in [0.3, 0.4) is 0 Å². The normalized spacial score (nSPS) is 16.9. The lowest BCUT2D eigenvalue weighted by molar-refractivity contribution is 0.306. The van der Waals surface area contributed by atoms with Crippen molar-refractivity contribution in [3.05, 3.63) is 28.8 Å². The highest BCUT2D eigenvalue weighted by molar-refractivity contribution is 6.32. The van der Waals surface area contributed by atoms with E-state index in [0.717, 1.165) is 38.1 Å². The summed E-state index contributed by atoms with van der Waals surface area (Å²) in [6.45, 7) is 1.98. The van der Waals surface area contributed by atoms with Crippen LogP contribution in [0.1, 0.15) is 18.4 Å². The van der Waals surface area contributed by atoms with E-state index in [-0.39, 0.29) is 5.54 Å². The average Bonchev–Trinajstić information content (AvgIpc) is 3.04. The van der Waals surface area contributed by atoms with E-state index in [4.69, 9.17) is 22.1 Å². The lowest BCUT2D eigenvalue weighted by Gasteiger charge is -2.20. The van der Waals surface area contributed by atoms with Crippen molar-refractivity contribution in [3.8, 4) is 5.75 Å². The minimum absolute atomic E-state index is 0.0896. The summed E-state index contributed by atoms with van der Waals surface area (Å²) in [7, 11) is 3.75. The smallest absolute Gasteiger partial charge is 0.137 e. The second kappa shape index (κ2) is 5.47. The van der Waals surface area contributed by atoms with Crippen LogP contribution in [0.25, 0.3) is 0 Å². The summed E-state index contributed by atoms with van der Waals surface area (Å²) in [5.74, 6) is 0.729. The van der Waals surface area contributed by atoms with E-state index in [1.54, 1.807) is 7.11 Å². The molecule has 1 aliphatic carbocycles. The molecule has 0 saturated heterocycles. The van der Waals surface area contributed by atoms with Gasteiger partial charge in [0.1, 0.15) is 5.75 Å². The molecule has 2 N–H and O–H groups in total. The van der Waals surface area contributed by atoms with Crippen molar-refractivity contribution >= 4 is 11.6 Å². The van der Waals surface area contributed by atoms with Crippen LogP contribution in [0.5, 0.6) is 5.75 Å². The third-order valence-electron chi connectivity index (χ3n) is 3.48. The third-order valence-corrected chi connectivity index (χ3v) is 3.77. The molecule has 1 aromatic carbocycles. The number of rotatable bonds is 6. The summed E-state index contributed by atoms with van der Waals surface area (Å²) in [5, 5.41) is 0.676. The summed E-state index contributed by atoms with van der Waals surface area (Å²) in [4.78, 5) is 2.30. The largest absolute Gasteiger partial charge is 0.495 e. The van der Waals surface area contributed by atoms with Crippen LogP contribution in [-0.4, -0.2) is 37.7 Å². The molecule has 18 heavy (non-hydrogen) atoms. The molecular formula is C14H21ClN2O. The van der Waals surface area contributed by atoms with Gasteiger partial charge in [-0.1, -0.05) is 17.7 Å². The summed E-state index contributed by atoms with van der Waals surface area (Å²) in [6.07, 6.45) is 3.30. The van der Waals surface area contributed by atoms with Gasteiger partial charge in [-0.15, -0.1) is 0 Å². The van der Waals surface area contributed by atoms with Crippen molar-refractivity contribution in [1.29, 1.82) is 0 Å². The Morgan fingerprint density at radius 3 is 2.72 bits per heavy atom. The lowest BCUT2D eigenvalue weighted by atomic mass is 10.1. The Labute approximate surface area is 114 Å². The Morgan fingerprint density at radius 2 is 2.17 bits per heavy atom. The van der Waals surface area contributed by atoms with Crippen molar-refractivity contribution in [1.82, 2.24) is 4.90 Å². The highest BCUT2D eigenvalue weighted by atomic mass is 35.5. The molecule has 1 aliphatic rings. The maximum absolute atomic E-state index is 6.10. The van der Waals surface area contributed by atoms with Crippen LogP contribution in [-0.2, 0) is 6.42 Å². The highest BCUT2D eigenvalue weighted by Gasteiger charge is 2.38. The van der Waals surface area contributed by atoms with Gasteiger partial charge in [0.05, 0.1) is 12.1 Å². The Kier molecular flexibility index (Phi) is 4.15. The summed E-state index contributed by atoms with van der Waals surface area (Å²) in [6, 6.07) is 5.96. The summed E-state index contributed by atoms with van der Waals surface area (Å²) < 4.78 is 5.14. The van der Waals surface area contributed by atoms with E-state index in [9.17, 15) is 0 Å². The van der Waals surface area contributed by atoms with Gasteiger partial charge in [0.25, 0.3) is 0 Å². The number of benzene rings is 1. The van der Waals surface area contributed by atoms with Crippen molar-refractivity contribution in [2.45, 2.75) is 24.8 Å². The minimum atomic E-state index is 0.0896. The van der Waals surface area contributed by atoms with Gasteiger partial charge < -0.3 is 15.4 Å². The molecule has 1 aromatic rings. The molecule has 1 saturated carbocycles. The van der Waals surface area contributed by atoms with E-state index in [1.807, 2.05) is 12.1 Å². The molecule has 0 spiro atoms. The third kappa shape index (κ3) is 3.61. The predicted molar refractivity (Wildman–Crippen MR) is 75.4 cm³/mol. The molecule has 1 fully saturated rings. The van der Waals surface area contributed by atoms with Crippen molar-refractivity contribution in [2.24, 2.45) is 5.73 Å². The fourth-order valence-corrected chi connectivity index (χ4v) is 2.40. The van der Waals surface area contributed by atoms with Gasteiger partial charge in [-0.3, -0.25) is 0 Å². The maximum atomic E-state index is 6.10. The van der Waals surface area contributed by atoms with Crippen LogP contribution in [0.15, 0.2) is 18.2 Å². The van der Waals surface area contributed by atoms with Gasteiger partial charge in [0.2, 0.25) is 0 Å². The van der Waals surface area contributed by atoms with E-state index in [2.05, 4.69) is 18.0 Å². The second-order valence-corrected chi connectivity index (χ2v) is 5.73. The zero-order valence-corrected chi connectivity index (χ0v) is 11.8. The number of methoxy groups -OCH3 is 1. The highest BCUT2D eigenvalue weighted by Crippen LogP contribution is 2.32. The van der Waals surface area contributed by atoms with E-state index < -0.39 is 0 Å². The maximum Gasteiger partial charge on any atom is 0.137 e. The Bertz CT molecular complexity index is 418. The number of ether oxygens (including phenoxy) is 1. The van der Waals surface area contributed by atoms with Crippen LogP contribution >= 0.6 is 11.6 Å². The van der Waals surface area contributed by atoms with E-state index >= 15 is 0 Å². The van der Waals surface area contributed by atoms with Crippen LogP contribution in [0, 0.1) is 0 Å². The first-order chi connectivity index (χ1) is 8.52. The molecule has 0 aliphatic heterocycles. The minimum Gasteiger partial charge on any atom is -0.495 e. The standard InChI is InChI=1S/C14H21ClN2O/c1-17(10-14(16)6-7-14)8-5-11-3-4-13(18-2)12(15)9-11/h3-4,9H,5-8,10,16H2,1-2H3. The Hall–Kier alpha value is -0.770. The molecule has 100 valence electrons. The number of nitrogens with zero attached hydrogens (tertiary/aromatic N) is 1. The lowest BCUT2D eigenvalue weighted by Crippen LogP contribution is -2.38. The Morgan fingerprint density at radius 1 is 1.44 bits per heavy atom. The number of nitrogens with two attached hydrogens (primary N) is 1. The monoisotopic (exact) mass is 268 g/mol. The zero-order valence-electron chi connectivity index (χ0n) is 11.1. The molecule has 0 bridgehead atoms. The van der Waals surface area contributed by atoms with E-state index in [1.165, 1.54) is 5.56 Å². The molecule has 3 nitrogen and oxygen atoms in total. The number of halogens is 1. The predicted octanol–water partition coefficient (Wildman–Crippen LogP) is 2.31. The molecule has 0 atom stereocenters. The van der Waals surface area contributed by atoms with Gasteiger partial charge in [0.15, 0.2) is 0 Å². The first kappa shape index (κ1) is 13.7. The molecule has 0 radical (unpaired) electrons. The van der Waals surface area contributed by atoms with Crippen LogP contribution in [0.2, 0.25) is 5.02 Å². The van der Waals surface area contributed by atoms with Crippen molar-refractivity contribution < 1.29 is 4.74 Å². The molecule has 2 rings (SSSR count). The van der Waals surface area contributed by atoms with Crippen LogP contribution < -0.4 is 10.5 Å². The molecule has 4 heteroatoms. The summed E-state index contributed by atoms with van der Waals surface area (Å²) >= 11 is 6.10. The number of likely N-dealkylation sites (N-methyl/N-ethyl adjacent to an activating group) is 1. The van der Waals surface area contributed by atoms with Crippen molar-refractivity contribution in [3.63, 3.8) is 0 Å². The second-order valence-electron chi connectivity index (χ2n) is 5.32. The number of hydrogen-bond donors (Lipinski definition) is 1. The first-order valence-corrected chi connectivity index (χ1v) is 6.70. The molecular weight excluding hydrogens is 248 g/mol. The van der Waals surface area contributed by atoms with Gasteiger partial charge >= 0.3 is 0 Å². The van der Waals surface area contributed by atoms with Gasteiger partial charge in [-0.25, -0.2) is 0 Å². The number of hydrogen-bond acceptors (Lipinski definition) is 3. The quantitative estimate of drug-likeness (QED) is 0.861. The van der Waals surface area contributed by atoms with Gasteiger partial charge in [-0.2, -0.15) is 0 Å². The molecule has 0 heterocycles. The zero-order chi connectivity index (χ0) is 13.2. The van der Waals surface area contributed by atoms with Crippen LogP contribution in [0.4, 0.5) is 0 Å². The fourth-order valence-electron chi connectivity index (χ4n) is 2.12. The van der Waals surface area contributed by atoms with Crippen molar-refractivity contribution in [2.75, 3.05) is 27.2 Å². The molecule has 0 amide bonds. The van der Waals surface area contributed by atoms with Gasteiger partial charge in [0, 0.05) is 18.6 Å². The van der Waals surface area contributed by atoms with Gasteiger partial charge in [-0.05, 0) is 44.0 Å². The SMILES string of the molecule is COc1ccc(CCN(C)CC2(N)CC2)cc1Cl. The average molecular weight is 269 g/mol. The summed E-state index contributed by atoms with van der Waals surface area (Å²) in [5.41, 5.74) is 7.42.